The van der Waals surface area contributed by atoms with Gasteiger partial charge in [-0.15, -0.1) is 4.74 Å². The van der Waals surface area contributed by atoms with Crippen molar-refractivity contribution in [2.75, 3.05) is 14.1 Å². The molecule has 1 heterocycles. The Labute approximate surface area is 144 Å². The Morgan fingerprint density at radius 2 is 1.80 bits per heavy atom. The number of hydrogen-bond acceptors (Lipinski definition) is 6. The highest BCUT2D eigenvalue weighted by molar-refractivity contribution is 7.89. The van der Waals surface area contributed by atoms with Crippen molar-refractivity contribution in [2.24, 2.45) is 0 Å². The van der Waals surface area contributed by atoms with E-state index in [1.54, 1.807) is 0 Å². The van der Waals surface area contributed by atoms with E-state index < -0.39 is 31.6 Å². The largest absolute Gasteiger partial charge is 0.375 e. The third-order valence-corrected chi connectivity index (χ3v) is 5.34. The standard InChI is InChI=1S/C15H19N3O6S/c1-15(2,3)13-9-14(19)17(24-13)11-7-6-10(8-12(11)18(20)21)25(22,23)16(4)5/h6-9H,1-5H3. The van der Waals surface area contributed by atoms with Gasteiger partial charge in [0.25, 0.3) is 11.2 Å². The molecule has 0 aliphatic rings. The van der Waals surface area contributed by atoms with E-state index in [1.807, 2.05) is 20.8 Å². The lowest BCUT2D eigenvalue weighted by Crippen LogP contribution is -2.22. The fourth-order valence-corrected chi connectivity index (χ4v) is 2.98. The van der Waals surface area contributed by atoms with Gasteiger partial charge in [-0.05, 0) is 12.1 Å². The summed E-state index contributed by atoms with van der Waals surface area (Å²) in [6.45, 7) is 5.49. The maximum absolute atomic E-state index is 12.2. The fourth-order valence-electron chi connectivity index (χ4n) is 2.05. The summed E-state index contributed by atoms with van der Waals surface area (Å²) in [6.07, 6.45) is 0. The summed E-state index contributed by atoms with van der Waals surface area (Å²) in [6, 6.07) is 4.56. The van der Waals surface area contributed by atoms with Crippen LogP contribution in [0.25, 0.3) is 5.69 Å². The van der Waals surface area contributed by atoms with Crippen LogP contribution in [0.15, 0.2) is 38.5 Å². The van der Waals surface area contributed by atoms with Gasteiger partial charge < -0.3 is 4.52 Å². The molecule has 0 atom stereocenters. The Balaban J connectivity index is 2.71. The highest BCUT2D eigenvalue weighted by Crippen LogP contribution is 2.28. The maximum atomic E-state index is 12.2. The summed E-state index contributed by atoms with van der Waals surface area (Å²) in [5.41, 5.74) is -1.72. The molecular weight excluding hydrogens is 350 g/mol. The van der Waals surface area contributed by atoms with E-state index in [0.29, 0.717) is 5.76 Å². The SMILES string of the molecule is CN(C)S(=O)(=O)c1ccc(-n2oc(C(C)(C)C)cc2=O)c([N+](=O)[O-])c1. The molecule has 0 aliphatic carbocycles. The lowest BCUT2D eigenvalue weighted by Gasteiger charge is -2.14. The Morgan fingerprint density at radius 3 is 2.24 bits per heavy atom. The second-order valence-electron chi connectivity index (χ2n) is 6.68. The zero-order chi connectivity index (χ0) is 19.2. The van der Waals surface area contributed by atoms with Crippen molar-refractivity contribution in [1.29, 1.82) is 0 Å². The van der Waals surface area contributed by atoms with Gasteiger partial charge in [-0.1, -0.05) is 20.8 Å². The molecule has 0 aliphatic heterocycles. The van der Waals surface area contributed by atoms with Crippen LogP contribution < -0.4 is 5.56 Å². The van der Waals surface area contributed by atoms with Crippen molar-refractivity contribution in [3.8, 4) is 5.69 Å². The highest BCUT2D eigenvalue weighted by Gasteiger charge is 2.27. The quantitative estimate of drug-likeness (QED) is 0.600. The molecular formula is C15H19N3O6S. The third-order valence-electron chi connectivity index (χ3n) is 3.52. The minimum absolute atomic E-state index is 0.136. The molecule has 2 rings (SSSR count). The number of nitrogens with zero attached hydrogens (tertiary/aromatic N) is 3. The monoisotopic (exact) mass is 369 g/mol. The minimum Gasteiger partial charge on any atom is -0.375 e. The molecule has 1 aromatic carbocycles. The lowest BCUT2D eigenvalue weighted by atomic mass is 9.94. The Kier molecular flexibility index (Phi) is 4.62. The number of aromatic nitrogens is 1. The molecule has 25 heavy (non-hydrogen) atoms. The molecule has 0 N–H and O–H groups in total. The average Bonchev–Trinajstić information content (AvgIpc) is 2.88. The summed E-state index contributed by atoms with van der Waals surface area (Å²) in [5, 5.41) is 11.4. The van der Waals surface area contributed by atoms with E-state index >= 15 is 0 Å². The molecule has 136 valence electrons. The summed E-state index contributed by atoms with van der Waals surface area (Å²) in [4.78, 5) is 22.6. The van der Waals surface area contributed by atoms with Crippen molar-refractivity contribution in [3.05, 3.63) is 50.5 Å². The zero-order valence-electron chi connectivity index (χ0n) is 14.5. The van der Waals surface area contributed by atoms with Gasteiger partial charge in [-0.3, -0.25) is 14.9 Å². The Hall–Kier alpha value is -2.46. The molecule has 2 aromatic rings. The highest BCUT2D eigenvalue weighted by atomic mass is 32.2. The molecule has 0 radical (unpaired) electrons. The van der Waals surface area contributed by atoms with Crippen molar-refractivity contribution < 1.29 is 17.9 Å². The molecule has 0 spiro atoms. The first-order valence-corrected chi connectivity index (χ1v) is 8.75. The Morgan fingerprint density at radius 1 is 1.20 bits per heavy atom. The van der Waals surface area contributed by atoms with Gasteiger partial charge in [0.05, 0.1) is 9.82 Å². The van der Waals surface area contributed by atoms with Crippen LogP contribution in [0, 0.1) is 10.1 Å². The third kappa shape index (κ3) is 3.49. The van der Waals surface area contributed by atoms with Gasteiger partial charge in [0.2, 0.25) is 10.0 Å². The van der Waals surface area contributed by atoms with E-state index in [9.17, 15) is 23.3 Å². The number of benzene rings is 1. The molecule has 0 unspecified atom stereocenters. The van der Waals surface area contributed by atoms with Crippen LogP contribution in [0.5, 0.6) is 0 Å². The summed E-state index contributed by atoms with van der Waals surface area (Å²) >= 11 is 0. The zero-order valence-corrected chi connectivity index (χ0v) is 15.3. The van der Waals surface area contributed by atoms with E-state index in [4.69, 9.17) is 4.52 Å². The molecule has 0 fully saturated rings. The van der Waals surface area contributed by atoms with Crippen LogP contribution >= 0.6 is 0 Å². The second-order valence-corrected chi connectivity index (χ2v) is 8.83. The summed E-state index contributed by atoms with van der Waals surface area (Å²) in [7, 11) is -1.21. The predicted molar refractivity (Wildman–Crippen MR) is 90.5 cm³/mol. The van der Waals surface area contributed by atoms with Crippen LogP contribution in [0.1, 0.15) is 26.5 Å². The molecule has 1 aromatic heterocycles. The van der Waals surface area contributed by atoms with Crippen LogP contribution in [0.2, 0.25) is 0 Å². The molecule has 10 heteroatoms. The predicted octanol–water partition coefficient (Wildman–Crippen LogP) is 1.89. The molecule has 0 saturated carbocycles. The summed E-state index contributed by atoms with van der Waals surface area (Å²) in [5.74, 6) is 0.358. The smallest absolute Gasteiger partial charge is 0.297 e. The normalized spacial score (nSPS) is 12.6. The second kappa shape index (κ2) is 6.12. The van der Waals surface area contributed by atoms with Crippen LogP contribution in [0.4, 0.5) is 5.69 Å². The summed E-state index contributed by atoms with van der Waals surface area (Å²) < 4.78 is 31.5. The minimum atomic E-state index is -3.85. The number of hydrogen-bond donors (Lipinski definition) is 0. The average molecular weight is 369 g/mol. The fraction of sp³-hybridized carbons (Fsp3) is 0.400. The number of nitro benzene ring substituents is 1. The van der Waals surface area contributed by atoms with Gasteiger partial charge in [0, 0.05) is 31.6 Å². The van der Waals surface area contributed by atoms with Crippen molar-refractivity contribution >= 4 is 15.7 Å². The van der Waals surface area contributed by atoms with Crippen molar-refractivity contribution in [3.63, 3.8) is 0 Å². The first-order chi connectivity index (χ1) is 11.4. The number of nitro groups is 1. The van der Waals surface area contributed by atoms with E-state index in [0.717, 1.165) is 15.1 Å². The number of sulfonamides is 1. The van der Waals surface area contributed by atoms with Gasteiger partial charge >= 0.3 is 0 Å². The maximum Gasteiger partial charge on any atom is 0.297 e. The van der Waals surface area contributed by atoms with Crippen molar-refractivity contribution in [2.45, 2.75) is 31.1 Å². The molecule has 9 nitrogen and oxygen atoms in total. The molecule has 0 amide bonds. The van der Waals surface area contributed by atoms with Crippen LogP contribution in [-0.2, 0) is 15.4 Å². The molecule has 0 saturated heterocycles. The topological polar surface area (TPSA) is 116 Å². The van der Waals surface area contributed by atoms with E-state index in [2.05, 4.69) is 0 Å². The van der Waals surface area contributed by atoms with Crippen molar-refractivity contribution in [1.82, 2.24) is 9.05 Å². The van der Waals surface area contributed by atoms with E-state index in [-0.39, 0.29) is 10.6 Å². The van der Waals surface area contributed by atoms with Crippen LogP contribution in [-0.4, -0.2) is 36.5 Å². The Bertz CT molecular complexity index is 979. The van der Waals surface area contributed by atoms with Gasteiger partial charge in [-0.2, -0.15) is 0 Å². The molecule has 0 bridgehead atoms. The van der Waals surface area contributed by atoms with Crippen LogP contribution in [0.3, 0.4) is 0 Å². The lowest BCUT2D eigenvalue weighted by molar-refractivity contribution is -0.385. The van der Waals surface area contributed by atoms with Gasteiger partial charge in [0.15, 0.2) is 5.69 Å². The van der Waals surface area contributed by atoms with E-state index in [1.165, 1.54) is 32.3 Å². The first-order valence-electron chi connectivity index (χ1n) is 7.31. The van der Waals surface area contributed by atoms with Gasteiger partial charge in [0.1, 0.15) is 5.76 Å². The number of rotatable bonds is 4. The first kappa shape index (κ1) is 18.9. The van der Waals surface area contributed by atoms with Gasteiger partial charge in [-0.25, -0.2) is 12.7 Å².